The number of pyridine rings is 1. The number of piperazine rings is 1. The maximum Gasteiger partial charge on any atom is 0.255 e. The van der Waals surface area contributed by atoms with Gasteiger partial charge in [0, 0.05) is 43.6 Å². The van der Waals surface area contributed by atoms with Crippen LogP contribution in [0.25, 0.3) is 11.1 Å². The van der Waals surface area contributed by atoms with E-state index >= 15 is 0 Å². The lowest BCUT2D eigenvalue weighted by molar-refractivity contribution is 0.0372. The van der Waals surface area contributed by atoms with Crippen molar-refractivity contribution in [3.63, 3.8) is 0 Å². The van der Waals surface area contributed by atoms with E-state index < -0.39 is 0 Å². The van der Waals surface area contributed by atoms with Crippen LogP contribution in [0.2, 0.25) is 0 Å². The molecule has 4 heteroatoms. The Morgan fingerprint density at radius 1 is 1.08 bits per heavy atom. The summed E-state index contributed by atoms with van der Waals surface area (Å²) in [5.41, 5.74) is 4.02. The molecule has 2 saturated heterocycles. The third-order valence-corrected chi connectivity index (χ3v) is 5.46. The number of carbonyl (C=O) groups excluding carboxylic acids is 1. The van der Waals surface area contributed by atoms with Crippen molar-refractivity contribution >= 4 is 5.91 Å². The number of rotatable bonds is 2. The van der Waals surface area contributed by atoms with Crippen LogP contribution in [0.5, 0.6) is 0 Å². The van der Waals surface area contributed by atoms with Gasteiger partial charge >= 0.3 is 0 Å². The minimum absolute atomic E-state index is 0.118. The number of benzene rings is 1. The Balaban J connectivity index is 1.53. The molecule has 1 unspecified atom stereocenters. The Labute approximate surface area is 149 Å². The molecule has 2 aromatic rings. The summed E-state index contributed by atoms with van der Waals surface area (Å²) in [5.74, 6) is 0.118. The molecule has 0 N–H and O–H groups in total. The maximum absolute atomic E-state index is 13.0. The van der Waals surface area contributed by atoms with E-state index in [2.05, 4.69) is 35.0 Å². The van der Waals surface area contributed by atoms with Crippen molar-refractivity contribution in [1.29, 1.82) is 0 Å². The number of fused-ring (bicyclic) bond motifs is 1. The Morgan fingerprint density at radius 2 is 2.00 bits per heavy atom. The molecule has 130 valence electrons. The molecule has 2 fully saturated rings. The highest BCUT2D eigenvalue weighted by Gasteiger charge is 2.31. The van der Waals surface area contributed by atoms with E-state index in [1.807, 2.05) is 23.2 Å². The van der Waals surface area contributed by atoms with Crippen LogP contribution in [-0.2, 0) is 0 Å². The Bertz CT molecular complexity index is 773. The van der Waals surface area contributed by atoms with Crippen molar-refractivity contribution < 1.29 is 4.79 Å². The van der Waals surface area contributed by atoms with E-state index in [4.69, 9.17) is 0 Å². The summed E-state index contributed by atoms with van der Waals surface area (Å²) in [5, 5.41) is 0. The number of hydrogen-bond acceptors (Lipinski definition) is 3. The summed E-state index contributed by atoms with van der Waals surface area (Å²) < 4.78 is 0. The quantitative estimate of drug-likeness (QED) is 0.844. The fourth-order valence-electron chi connectivity index (χ4n) is 4.06. The van der Waals surface area contributed by atoms with Gasteiger partial charge in [-0.2, -0.15) is 0 Å². The van der Waals surface area contributed by atoms with Crippen LogP contribution in [0.4, 0.5) is 0 Å². The predicted molar refractivity (Wildman–Crippen MR) is 99.5 cm³/mol. The van der Waals surface area contributed by atoms with Crippen LogP contribution in [0.1, 0.15) is 35.2 Å². The van der Waals surface area contributed by atoms with Gasteiger partial charge in [0.05, 0.1) is 5.56 Å². The fraction of sp³-hybridized carbons (Fsp3) is 0.429. The summed E-state index contributed by atoms with van der Waals surface area (Å²) in [6.07, 6.45) is 7.34. The van der Waals surface area contributed by atoms with Crippen molar-refractivity contribution in [3.05, 3.63) is 53.9 Å². The number of hydrogen-bond donors (Lipinski definition) is 0. The van der Waals surface area contributed by atoms with Gasteiger partial charge in [-0.25, -0.2) is 0 Å². The van der Waals surface area contributed by atoms with Crippen molar-refractivity contribution in [2.75, 3.05) is 26.2 Å². The molecule has 0 aliphatic carbocycles. The van der Waals surface area contributed by atoms with Crippen molar-refractivity contribution in [1.82, 2.24) is 14.8 Å². The molecule has 3 heterocycles. The lowest BCUT2D eigenvalue weighted by atomic mass is 9.99. The molecule has 1 aromatic heterocycles. The van der Waals surface area contributed by atoms with Crippen molar-refractivity contribution in [2.45, 2.75) is 32.2 Å². The van der Waals surface area contributed by atoms with Gasteiger partial charge in [0.15, 0.2) is 0 Å². The van der Waals surface area contributed by atoms with E-state index in [0.29, 0.717) is 11.6 Å². The second-order valence-corrected chi connectivity index (χ2v) is 7.27. The second kappa shape index (κ2) is 6.96. The minimum Gasteiger partial charge on any atom is -0.336 e. The standard InChI is InChI=1S/C21H25N3O/c1-16-5-4-6-17(11-16)18-12-19(14-22-13-18)21(25)24-10-9-23-8-3-2-7-20(23)15-24/h4-6,11-14,20H,2-3,7-10,15H2,1H3. The Morgan fingerprint density at radius 3 is 2.88 bits per heavy atom. The van der Waals surface area contributed by atoms with Crippen molar-refractivity contribution in [2.24, 2.45) is 0 Å². The van der Waals surface area contributed by atoms with Crippen LogP contribution in [0, 0.1) is 6.92 Å². The van der Waals surface area contributed by atoms with Crippen LogP contribution in [-0.4, -0.2) is 52.9 Å². The molecule has 0 bridgehead atoms. The van der Waals surface area contributed by atoms with Gasteiger partial charge in [-0.05, 0) is 37.9 Å². The second-order valence-electron chi connectivity index (χ2n) is 7.27. The van der Waals surface area contributed by atoms with Gasteiger partial charge in [-0.3, -0.25) is 14.7 Å². The maximum atomic E-state index is 13.0. The molecular formula is C21H25N3O. The highest BCUT2D eigenvalue weighted by molar-refractivity contribution is 5.95. The smallest absolute Gasteiger partial charge is 0.255 e. The number of aryl methyl sites for hydroxylation is 1. The zero-order valence-corrected chi connectivity index (χ0v) is 14.8. The molecule has 1 amide bonds. The molecule has 2 aliphatic rings. The van der Waals surface area contributed by atoms with Crippen LogP contribution in [0.15, 0.2) is 42.7 Å². The summed E-state index contributed by atoms with van der Waals surface area (Å²) in [6, 6.07) is 10.8. The monoisotopic (exact) mass is 335 g/mol. The minimum atomic E-state index is 0.118. The molecule has 2 aliphatic heterocycles. The number of nitrogens with zero attached hydrogens (tertiary/aromatic N) is 3. The lowest BCUT2D eigenvalue weighted by Gasteiger charge is -2.44. The van der Waals surface area contributed by atoms with Crippen LogP contribution < -0.4 is 0 Å². The highest BCUT2D eigenvalue weighted by Crippen LogP contribution is 2.24. The summed E-state index contributed by atoms with van der Waals surface area (Å²) >= 11 is 0. The normalized spacial score (nSPS) is 21.0. The lowest BCUT2D eigenvalue weighted by Crippen LogP contribution is -2.56. The zero-order valence-electron chi connectivity index (χ0n) is 14.8. The third kappa shape index (κ3) is 3.45. The molecule has 4 rings (SSSR count). The Hall–Kier alpha value is -2.20. The first-order valence-electron chi connectivity index (χ1n) is 9.26. The summed E-state index contributed by atoms with van der Waals surface area (Å²) in [7, 11) is 0. The molecule has 4 nitrogen and oxygen atoms in total. The van der Waals surface area contributed by atoms with E-state index in [9.17, 15) is 4.79 Å². The SMILES string of the molecule is Cc1cccc(-c2cncc(C(=O)N3CCN4CCCCC4C3)c2)c1. The van der Waals surface area contributed by atoms with Gasteiger partial charge in [0.1, 0.15) is 0 Å². The average molecular weight is 335 g/mol. The first-order chi connectivity index (χ1) is 12.2. The van der Waals surface area contributed by atoms with Crippen LogP contribution in [0.3, 0.4) is 0 Å². The molecular weight excluding hydrogens is 310 g/mol. The van der Waals surface area contributed by atoms with Gasteiger partial charge in [0.25, 0.3) is 5.91 Å². The molecule has 0 radical (unpaired) electrons. The van der Waals surface area contributed by atoms with Gasteiger partial charge < -0.3 is 4.90 Å². The van der Waals surface area contributed by atoms with Gasteiger partial charge in [-0.1, -0.05) is 36.2 Å². The highest BCUT2D eigenvalue weighted by atomic mass is 16.2. The van der Waals surface area contributed by atoms with E-state index in [1.165, 1.54) is 31.4 Å². The first kappa shape index (κ1) is 16.3. The van der Waals surface area contributed by atoms with Gasteiger partial charge in [0.2, 0.25) is 0 Å². The van der Waals surface area contributed by atoms with E-state index in [0.717, 1.165) is 30.8 Å². The van der Waals surface area contributed by atoms with E-state index in [-0.39, 0.29) is 5.91 Å². The Kier molecular flexibility index (Phi) is 4.53. The summed E-state index contributed by atoms with van der Waals surface area (Å²) in [4.78, 5) is 21.9. The molecule has 1 atom stereocenters. The third-order valence-electron chi connectivity index (χ3n) is 5.46. The van der Waals surface area contributed by atoms with Crippen LogP contribution >= 0.6 is 0 Å². The van der Waals surface area contributed by atoms with Crippen molar-refractivity contribution in [3.8, 4) is 11.1 Å². The fourth-order valence-corrected chi connectivity index (χ4v) is 4.06. The topological polar surface area (TPSA) is 36.4 Å². The molecule has 1 aromatic carbocycles. The zero-order chi connectivity index (χ0) is 17.2. The average Bonchev–Trinajstić information content (AvgIpc) is 2.67. The first-order valence-corrected chi connectivity index (χ1v) is 9.26. The number of carbonyl (C=O) groups is 1. The number of piperidine rings is 1. The predicted octanol–water partition coefficient (Wildman–Crippen LogP) is 3.37. The largest absolute Gasteiger partial charge is 0.336 e. The number of amides is 1. The molecule has 25 heavy (non-hydrogen) atoms. The molecule has 0 spiro atoms. The molecule has 0 saturated carbocycles. The van der Waals surface area contributed by atoms with Gasteiger partial charge in [-0.15, -0.1) is 0 Å². The number of aromatic nitrogens is 1. The van der Waals surface area contributed by atoms with E-state index in [1.54, 1.807) is 6.20 Å². The summed E-state index contributed by atoms with van der Waals surface area (Å²) in [6.45, 7) is 5.95.